The summed E-state index contributed by atoms with van der Waals surface area (Å²) < 4.78 is 4.79. The molecule has 0 aliphatic rings. The first-order chi connectivity index (χ1) is 22.2. The van der Waals surface area contributed by atoms with Crippen LogP contribution < -0.4 is 0 Å². The van der Waals surface area contributed by atoms with Crippen LogP contribution in [0.15, 0.2) is 103 Å². The van der Waals surface area contributed by atoms with Crippen LogP contribution in [0.3, 0.4) is 0 Å². The number of fused-ring (bicyclic) bond motifs is 6. The maximum Gasteiger partial charge on any atom is 0.0993 e. The summed E-state index contributed by atoms with van der Waals surface area (Å²) in [5.74, 6) is 0. The second kappa shape index (κ2) is 10.2. The van der Waals surface area contributed by atoms with E-state index in [9.17, 15) is 5.26 Å². The summed E-state index contributed by atoms with van der Waals surface area (Å²) in [6.45, 7) is 12.9. The molecule has 8 rings (SSSR count). The molecule has 0 bridgehead atoms. The van der Waals surface area contributed by atoms with Gasteiger partial charge in [0.15, 0.2) is 0 Å². The van der Waals surface area contributed by atoms with Crippen LogP contribution >= 0.6 is 0 Å². The molecule has 0 saturated heterocycles. The van der Waals surface area contributed by atoms with E-state index in [0.717, 1.165) is 44.6 Å². The summed E-state index contributed by atoms with van der Waals surface area (Å²) in [6, 6.07) is 40.4. The molecule has 3 heteroatoms. The van der Waals surface area contributed by atoms with E-state index in [1.165, 1.54) is 54.9 Å². The smallest absolute Gasteiger partial charge is 0.0993 e. The Morgan fingerprint density at radius 3 is 1.09 bits per heavy atom. The van der Waals surface area contributed by atoms with Gasteiger partial charge >= 0.3 is 0 Å². The van der Waals surface area contributed by atoms with Crippen LogP contribution in [0.25, 0.3) is 66.1 Å². The maximum absolute atomic E-state index is 10.6. The summed E-state index contributed by atoms with van der Waals surface area (Å²) in [5, 5.41) is 15.4. The second-order valence-electron chi connectivity index (χ2n) is 13.1. The lowest BCUT2D eigenvalue weighted by atomic mass is 9.95. The Bertz CT molecular complexity index is 2320. The standard InChI is InChI=1S/C43H35N3/c1-25-7-11-33-34-12-8-26(2)19-38(34)45(37(33)18-25)41-22-31(24-44)23-42(43(41)32-16-29(5)15-30(6)17-32)46-39-20-27(3)9-13-35(39)36-14-10-28(4)21-40(36)46/h7-23H,1-6H3. The van der Waals surface area contributed by atoms with E-state index in [1.807, 2.05) is 0 Å². The lowest BCUT2D eigenvalue weighted by Gasteiger charge is -2.21. The summed E-state index contributed by atoms with van der Waals surface area (Å²) in [7, 11) is 0. The molecular weight excluding hydrogens is 558 g/mol. The van der Waals surface area contributed by atoms with Crippen molar-refractivity contribution in [2.45, 2.75) is 41.5 Å². The first-order valence-corrected chi connectivity index (χ1v) is 15.9. The van der Waals surface area contributed by atoms with Crippen LogP contribution in [0.4, 0.5) is 0 Å². The van der Waals surface area contributed by atoms with E-state index >= 15 is 0 Å². The van der Waals surface area contributed by atoms with Gasteiger partial charge in [0.25, 0.3) is 0 Å². The quantitative estimate of drug-likeness (QED) is 0.201. The van der Waals surface area contributed by atoms with Gasteiger partial charge in [-0.05, 0) is 106 Å². The molecule has 0 unspecified atom stereocenters. The zero-order valence-corrected chi connectivity index (χ0v) is 27.2. The molecule has 0 fully saturated rings. The van der Waals surface area contributed by atoms with Crippen LogP contribution in [-0.4, -0.2) is 9.13 Å². The minimum absolute atomic E-state index is 0.628. The number of hydrogen-bond donors (Lipinski definition) is 0. The number of nitriles is 1. The van der Waals surface area contributed by atoms with Gasteiger partial charge < -0.3 is 9.13 Å². The Labute approximate surface area is 269 Å². The molecule has 2 aromatic heterocycles. The molecule has 0 aliphatic heterocycles. The molecule has 0 radical (unpaired) electrons. The van der Waals surface area contributed by atoms with E-state index in [-0.39, 0.29) is 0 Å². The van der Waals surface area contributed by atoms with E-state index < -0.39 is 0 Å². The minimum Gasteiger partial charge on any atom is -0.308 e. The zero-order chi connectivity index (χ0) is 31.9. The third-order valence-electron chi connectivity index (χ3n) is 9.37. The molecule has 3 nitrogen and oxygen atoms in total. The molecule has 0 N–H and O–H groups in total. The fourth-order valence-corrected chi connectivity index (χ4v) is 7.44. The number of rotatable bonds is 3. The van der Waals surface area contributed by atoms with Gasteiger partial charge in [-0.3, -0.25) is 0 Å². The lowest BCUT2D eigenvalue weighted by molar-refractivity contribution is 1.13. The van der Waals surface area contributed by atoms with E-state index in [0.29, 0.717) is 5.56 Å². The highest BCUT2D eigenvalue weighted by Gasteiger charge is 2.23. The highest BCUT2D eigenvalue weighted by Crippen LogP contribution is 2.43. The molecule has 8 aromatic rings. The first-order valence-electron chi connectivity index (χ1n) is 15.9. The third-order valence-corrected chi connectivity index (χ3v) is 9.37. The largest absolute Gasteiger partial charge is 0.308 e. The number of benzene rings is 6. The molecular formula is C43H35N3. The van der Waals surface area contributed by atoms with Crippen LogP contribution in [0.5, 0.6) is 0 Å². The van der Waals surface area contributed by atoms with E-state index in [4.69, 9.17) is 0 Å². The number of hydrogen-bond acceptors (Lipinski definition) is 1. The number of nitrogens with zero attached hydrogens (tertiary/aromatic N) is 3. The maximum atomic E-state index is 10.6. The Morgan fingerprint density at radius 1 is 0.413 bits per heavy atom. The van der Waals surface area contributed by atoms with Crippen LogP contribution in [0.1, 0.15) is 38.9 Å². The average molecular weight is 594 g/mol. The molecule has 46 heavy (non-hydrogen) atoms. The van der Waals surface area contributed by atoms with Gasteiger partial charge in [0, 0.05) is 27.1 Å². The van der Waals surface area contributed by atoms with Crippen molar-refractivity contribution in [3.05, 3.63) is 142 Å². The summed E-state index contributed by atoms with van der Waals surface area (Å²) in [5.41, 5.74) is 16.7. The fourth-order valence-electron chi connectivity index (χ4n) is 7.44. The molecule has 6 aromatic carbocycles. The zero-order valence-electron chi connectivity index (χ0n) is 27.2. The molecule has 0 atom stereocenters. The van der Waals surface area contributed by atoms with Crippen LogP contribution in [-0.2, 0) is 0 Å². The van der Waals surface area contributed by atoms with Crippen molar-refractivity contribution in [2.75, 3.05) is 0 Å². The Hall–Kier alpha value is -5.59. The fraction of sp³-hybridized carbons (Fsp3) is 0.140. The van der Waals surface area contributed by atoms with Crippen molar-refractivity contribution in [3.63, 3.8) is 0 Å². The van der Waals surface area contributed by atoms with Gasteiger partial charge in [0.05, 0.1) is 45.1 Å². The van der Waals surface area contributed by atoms with Crippen molar-refractivity contribution in [1.29, 1.82) is 5.26 Å². The summed E-state index contributed by atoms with van der Waals surface area (Å²) in [6.07, 6.45) is 0. The SMILES string of the molecule is Cc1cc(C)cc(-c2c(-n3c4cc(C)ccc4c4ccc(C)cc43)cc(C#N)cc2-n2c3cc(C)ccc3c3ccc(C)cc32)c1. The van der Waals surface area contributed by atoms with Crippen molar-refractivity contribution in [2.24, 2.45) is 0 Å². The van der Waals surface area contributed by atoms with Crippen molar-refractivity contribution in [1.82, 2.24) is 9.13 Å². The molecule has 0 spiro atoms. The highest BCUT2D eigenvalue weighted by molar-refractivity contribution is 6.12. The van der Waals surface area contributed by atoms with Crippen LogP contribution in [0, 0.1) is 52.9 Å². The topological polar surface area (TPSA) is 33.6 Å². The molecule has 222 valence electrons. The van der Waals surface area contributed by atoms with Gasteiger partial charge in [0.1, 0.15) is 0 Å². The minimum atomic E-state index is 0.628. The van der Waals surface area contributed by atoms with Gasteiger partial charge in [-0.25, -0.2) is 0 Å². The molecule has 2 heterocycles. The lowest BCUT2D eigenvalue weighted by Crippen LogP contribution is -2.05. The molecule has 0 aliphatic carbocycles. The second-order valence-corrected chi connectivity index (χ2v) is 13.1. The Kier molecular flexibility index (Phi) is 6.21. The predicted octanol–water partition coefficient (Wildman–Crippen LogP) is 11.3. The van der Waals surface area contributed by atoms with Crippen molar-refractivity contribution >= 4 is 43.6 Å². The third kappa shape index (κ3) is 4.25. The van der Waals surface area contributed by atoms with E-state index in [1.54, 1.807) is 0 Å². The van der Waals surface area contributed by atoms with Crippen molar-refractivity contribution < 1.29 is 0 Å². The summed E-state index contributed by atoms with van der Waals surface area (Å²) >= 11 is 0. The van der Waals surface area contributed by atoms with Crippen LogP contribution in [0.2, 0.25) is 0 Å². The van der Waals surface area contributed by atoms with Gasteiger partial charge in [-0.15, -0.1) is 0 Å². The van der Waals surface area contributed by atoms with Gasteiger partial charge in [-0.1, -0.05) is 77.9 Å². The molecule has 0 saturated carbocycles. The van der Waals surface area contributed by atoms with Gasteiger partial charge in [-0.2, -0.15) is 5.26 Å². The predicted molar refractivity (Wildman–Crippen MR) is 194 cm³/mol. The number of aromatic nitrogens is 2. The van der Waals surface area contributed by atoms with E-state index in [2.05, 4.69) is 160 Å². The first kappa shape index (κ1) is 27.9. The summed E-state index contributed by atoms with van der Waals surface area (Å²) in [4.78, 5) is 0. The average Bonchev–Trinajstić information content (AvgIpc) is 3.50. The number of aryl methyl sites for hydroxylation is 6. The van der Waals surface area contributed by atoms with Crippen molar-refractivity contribution in [3.8, 4) is 28.6 Å². The Morgan fingerprint density at radius 2 is 0.761 bits per heavy atom. The highest BCUT2D eigenvalue weighted by atomic mass is 15.0. The molecule has 0 amide bonds. The normalized spacial score (nSPS) is 11.7. The van der Waals surface area contributed by atoms with Gasteiger partial charge in [0.2, 0.25) is 0 Å². The monoisotopic (exact) mass is 593 g/mol. The Balaban J connectivity index is 1.64.